The molecule has 2 aromatic carbocycles. The fourth-order valence-corrected chi connectivity index (χ4v) is 4.03. The van der Waals surface area contributed by atoms with E-state index < -0.39 is 18.2 Å². The molecule has 0 radical (unpaired) electrons. The van der Waals surface area contributed by atoms with Crippen molar-refractivity contribution in [3.63, 3.8) is 0 Å². The Bertz CT molecular complexity index is 1100. The molecule has 3 rings (SSSR count). The Kier molecular flexibility index (Phi) is 11.3. The summed E-state index contributed by atoms with van der Waals surface area (Å²) in [4.78, 5) is 21.0. The third kappa shape index (κ3) is 9.24. The largest absolute Gasteiger partial charge is 0.425 e. The third-order valence-electron chi connectivity index (χ3n) is 6.31. The summed E-state index contributed by atoms with van der Waals surface area (Å²) in [7, 11) is 0. The number of rotatable bonds is 14. The SMILES string of the molecule is CCCCCCc1ccc(-c2ncc(C(C)CCCOC(C(=O)Oc3ccccc3)C(F)(F)F)cn2)cc1. The Balaban J connectivity index is 1.47. The number of alkyl halides is 3. The number of halogens is 3. The van der Waals surface area contributed by atoms with Gasteiger partial charge in [0.05, 0.1) is 0 Å². The van der Waals surface area contributed by atoms with Crippen LogP contribution in [0.1, 0.15) is 69.4 Å². The zero-order chi connectivity index (χ0) is 27.4. The maximum absolute atomic E-state index is 13.4. The summed E-state index contributed by atoms with van der Waals surface area (Å²) >= 11 is 0. The number of benzene rings is 2. The molecule has 38 heavy (non-hydrogen) atoms. The molecule has 0 amide bonds. The highest BCUT2D eigenvalue weighted by Crippen LogP contribution is 2.26. The molecule has 3 aromatic rings. The van der Waals surface area contributed by atoms with Gasteiger partial charge in [0.25, 0.3) is 6.10 Å². The molecule has 1 heterocycles. The van der Waals surface area contributed by atoms with Gasteiger partial charge in [-0.3, -0.25) is 0 Å². The van der Waals surface area contributed by atoms with Gasteiger partial charge >= 0.3 is 12.1 Å². The highest BCUT2D eigenvalue weighted by molar-refractivity contribution is 5.78. The Morgan fingerprint density at radius 2 is 1.61 bits per heavy atom. The highest BCUT2D eigenvalue weighted by Gasteiger charge is 2.47. The number of ether oxygens (including phenoxy) is 2. The Morgan fingerprint density at radius 1 is 0.921 bits per heavy atom. The molecular weight excluding hydrogens is 493 g/mol. The first-order valence-corrected chi connectivity index (χ1v) is 13.1. The van der Waals surface area contributed by atoms with Gasteiger partial charge in [0.1, 0.15) is 5.75 Å². The fourth-order valence-electron chi connectivity index (χ4n) is 4.03. The maximum atomic E-state index is 13.4. The number of aromatic nitrogens is 2. The molecule has 0 saturated heterocycles. The lowest BCUT2D eigenvalue weighted by Crippen LogP contribution is -2.42. The minimum Gasteiger partial charge on any atom is -0.424 e. The number of esters is 1. The molecule has 204 valence electrons. The van der Waals surface area contributed by atoms with E-state index >= 15 is 0 Å². The van der Waals surface area contributed by atoms with Crippen molar-refractivity contribution in [3.05, 3.63) is 78.1 Å². The van der Waals surface area contributed by atoms with Crippen molar-refractivity contribution in [2.75, 3.05) is 6.61 Å². The monoisotopic (exact) mass is 528 g/mol. The van der Waals surface area contributed by atoms with E-state index in [4.69, 9.17) is 9.47 Å². The van der Waals surface area contributed by atoms with Crippen LogP contribution in [0.15, 0.2) is 67.0 Å². The van der Waals surface area contributed by atoms with Crippen molar-refractivity contribution in [2.24, 2.45) is 0 Å². The van der Waals surface area contributed by atoms with Crippen LogP contribution in [0, 0.1) is 0 Å². The lowest BCUT2D eigenvalue weighted by atomic mass is 9.99. The molecule has 0 aliphatic carbocycles. The Hall–Kier alpha value is -3.26. The maximum Gasteiger partial charge on any atom is 0.425 e. The molecule has 0 fully saturated rings. The van der Waals surface area contributed by atoms with E-state index in [1.807, 2.05) is 19.1 Å². The van der Waals surface area contributed by atoms with Crippen LogP contribution in [-0.2, 0) is 16.0 Å². The Morgan fingerprint density at radius 3 is 2.24 bits per heavy atom. The van der Waals surface area contributed by atoms with E-state index in [1.165, 1.54) is 43.4 Å². The van der Waals surface area contributed by atoms with Gasteiger partial charge in [0, 0.05) is 24.6 Å². The molecule has 1 aromatic heterocycles. The van der Waals surface area contributed by atoms with Crippen LogP contribution in [0.3, 0.4) is 0 Å². The summed E-state index contributed by atoms with van der Waals surface area (Å²) in [5.41, 5.74) is 3.13. The van der Waals surface area contributed by atoms with Gasteiger partial charge in [-0.15, -0.1) is 0 Å². The average molecular weight is 529 g/mol. The molecule has 0 bridgehead atoms. The number of hydrogen-bond acceptors (Lipinski definition) is 5. The van der Waals surface area contributed by atoms with E-state index in [-0.39, 0.29) is 18.3 Å². The second-order valence-electron chi connectivity index (χ2n) is 9.42. The Labute approximate surface area is 222 Å². The quantitative estimate of drug-likeness (QED) is 0.122. The smallest absolute Gasteiger partial charge is 0.424 e. The fraction of sp³-hybridized carbons (Fsp3) is 0.433. The first kappa shape index (κ1) is 29.3. The van der Waals surface area contributed by atoms with Crippen molar-refractivity contribution < 1.29 is 27.4 Å². The molecule has 8 heteroatoms. The number of hydrogen-bond donors (Lipinski definition) is 0. The topological polar surface area (TPSA) is 61.3 Å². The van der Waals surface area contributed by atoms with Crippen LogP contribution in [0.25, 0.3) is 11.4 Å². The minimum absolute atomic E-state index is 0.0127. The van der Waals surface area contributed by atoms with E-state index in [0.29, 0.717) is 18.7 Å². The summed E-state index contributed by atoms with van der Waals surface area (Å²) in [5.74, 6) is -0.804. The number of aryl methyl sites for hydroxylation is 1. The summed E-state index contributed by atoms with van der Waals surface area (Å²) < 4.78 is 49.8. The van der Waals surface area contributed by atoms with Crippen molar-refractivity contribution in [1.82, 2.24) is 9.97 Å². The summed E-state index contributed by atoms with van der Waals surface area (Å²) in [6.07, 6.45) is 2.87. The predicted molar refractivity (Wildman–Crippen MR) is 141 cm³/mol. The standard InChI is InChI=1S/C30H35F3N2O3/c1-3-4-5-7-12-23-15-17-24(18-16-23)28-34-20-25(21-35-28)22(2)11-10-19-37-27(30(31,32)33)29(36)38-26-13-8-6-9-14-26/h6,8-9,13-18,20-22,27H,3-5,7,10-12,19H2,1-2H3. The first-order chi connectivity index (χ1) is 18.3. The van der Waals surface area contributed by atoms with Gasteiger partial charge in [-0.2, -0.15) is 13.2 Å². The van der Waals surface area contributed by atoms with Gasteiger partial charge in [0.15, 0.2) is 5.82 Å². The minimum atomic E-state index is -4.87. The van der Waals surface area contributed by atoms with Gasteiger partial charge in [-0.25, -0.2) is 14.8 Å². The second-order valence-corrected chi connectivity index (χ2v) is 9.42. The van der Waals surface area contributed by atoms with Crippen LogP contribution in [0.2, 0.25) is 0 Å². The third-order valence-corrected chi connectivity index (χ3v) is 6.31. The molecule has 0 N–H and O–H groups in total. The van der Waals surface area contributed by atoms with Gasteiger partial charge in [0.2, 0.25) is 0 Å². The number of unbranched alkanes of at least 4 members (excludes halogenated alkanes) is 3. The molecule has 2 atom stereocenters. The van der Waals surface area contributed by atoms with Crippen LogP contribution >= 0.6 is 0 Å². The normalized spacial score (nSPS) is 13.2. The molecular formula is C30H35F3N2O3. The van der Waals surface area contributed by atoms with Crippen LogP contribution in [0.5, 0.6) is 5.75 Å². The molecule has 0 saturated carbocycles. The number of para-hydroxylation sites is 1. The summed E-state index contributed by atoms with van der Waals surface area (Å²) in [6, 6.07) is 15.9. The zero-order valence-corrected chi connectivity index (χ0v) is 21.9. The number of nitrogens with zero attached hydrogens (tertiary/aromatic N) is 2. The molecule has 0 aliphatic heterocycles. The molecule has 5 nitrogen and oxygen atoms in total. The van der Waals surface area contributed by atoms with Gasteiger partial charge in [-0.05, 0) is 54.9 Å². The van der Waals surface area contributed by atoms with Crippen molar-refractivity contribution in [3.8, 4) is 17.1 Å². The van der Waals surface area contributed by atoms with Crippen LogP contribution in [-0.4, -0.2) is 34.8 Å². The number of carbonyl (C=O) groups is 1. The van der Waals surface area contributed by atoms with Crippen LogP contribution in [0.4, 0.5) is 13.2 Å². The van der Waals surface area contributed by atoms with Gasteiger partial charge < -0.3 is 9.47 Å². The van der Waals surface area contributed by atoms with Crippen molar-refractivity contribution in [2.45, 2.75) is 77.0 Å². The first-order valence-electron chi connectivity index (χ1n) is 13.1. The van der Waals surface area contributed by atoms with E-state index in [1.54, 1.807) is 30.6 Å². The lowest BCUT2D eigenvalue weighted by Gasteiger charge is -2.20. The summed E-state index contributed by atoms with van der Waals surface area (Å²) in [6.45, 7) is 3.93. The van der Waals surface area contributed by atoms with Crippen molar-refractivity contribution >= 4 is 5.97 Å². The second kappa shape index (κ2) is 14.6. The van der Waals surface area contributed by atoms with Gasteiger partial charge in [-0.1, -0.05) is 75.6 Å². The molecule has 0 spiro atoms. The zero-order valence-electron chi connectivity index (χ0n) is 21.9. The van der Waals surface area contributed by atoms with E-state index in [0.717, 1.165) is 17.5 Å². The average Bonchev–Trinajstić information content (AvgIpc) is 2.91. The van der Waals surface area contributed by atoms with Crippen LogP contribution < -0.4 is 4.74 Å². The lowest BCUT2D eigenvalue weighted by molar-refractivity contribution is -0.225. The highest BCUT2D eigenvalue weighted by atomic mass is 19.4. The van der Waals surface area contributed by atoms with Crippen molar-refractivity contribution in [1.29, 1.82) is 0 Å². The van der Waals surface area contributed by atoms with E-state index in [2.05, 4.69) is 29.0 Å². The van der Waals surface area contributed by atoms with E-state index in [9.17, 15) is 18.0 Å². The molecule has 2 unspecified atom stereocenters. The predicted octanol–water partition coefficient (Wildman–Crippen LogP) is 7.70. The molecule has 0 aliphatic rings. The summed E-state index contributed by atoms with van der Waals surface area (Å²) in [5, 5.41) is 0. The number of carbonyl (C=O) groups excluding carboxylic acids is 1.